The molecule has 3 aromatic rings. The molecule has 0 atom stereocenters. The van der Waals surface area contributed by atoms with Gasteiger partial charge in [-0.05, 0) is 29.2 Å². The van der Waals surface area contributed by atoms with Gasteiger partial charge in [0.15, 0.2) is 18.1 Å². The van der Waals surface area contributed by atoms with Gasteiger partial charge in [0, 0.05) is 5.56 Å². The number of aromatic nitrogens is 2. The van der Waals surface area contributed by atoms with E-state index in [1.54, 1.807) is 32.4 Å². The van der Waals surface area contributed by atoms with Crippen LogP contribution in [-0.2, 0) is 22.6 Å². The van der Waals surface area contributed by atoms with Crippen LogP contribution < -0.4 is 9.47 Å². The summed E-state index contributed by atoms with van der Waals surface area (Å²) in [6.07, 6.45) is 0.0953. The van der Waals surface area contributed by atoms with Crippen LogP contribution in [0.4, 0.5) is 0 Å². The summed E-state index contributed by atoms with van der Waals surface area (Å²) < 4.78 is 20.9. The fourth-order valence-electron chi connectivity index (χ4n) is 2.80. The number of ether oxygens (including phenoxy) is 3. The molecule has 0 amide bonds. The van der Waals surface area contributed by atoms with Crippen LogP contribution in [0.3, 0.4) is 0 Å². The molecular formula is C22H24N2O5. The average Bonchev–Trinajstić information content (AvgIpc) is 3.21. The summed E-state index contributed by atoms with van der Waals surface area (Å²) in [6, 6.07) is 13.3. The van der Waals surface area contributed by atoms with E-state index >= 15 is 0 Å². The predicted molar refractivity (Wildman–Crippen MR) is 107 cm³/mol. The number of nitrogens with zero attached hydrogens (tertiary/aromatic N) is 2. The minimum Gasteiger partial charge on any atom is -0.493 e. The monoisotopic (exact) mass is 396 g/mol. The van der Waals surface area contributed by atoms with Gasteiger partial charge in [-0.25, -0.2) is 0 Å². The van der Waals surface area contributed by atoms with Crippen LogP contribution in [0.2, 0.25) is 0 Å². The molecule has 0 saturated heterocycles. The molecule has 1 aromatic heterocycles. The Balaban J connectivity index is 1.57. The predicted octanol–water partition coefficient (Wildman–Crippen LogP) is 4.16. The van der Waals surface area contributed by atoms with Gasteiger partial charge >= 0.3 is 5.97 Å². The maximum atomic E-state index is 12.1. The number of carbonyl (C=O) groups excluding carboxylic acids is 1. The largest absolute Gasteiger partial charge is 0.493 e. The van der Waals surface area contributed by atoms with Gasteiger partial charge in [-0.2, -0.15) is 4.98 Å². The topological polar surface area (TPSA) is 83.7 Å². The first-order valence-corrected chi connectivity index (χ1v) is 9.29. The van der Waals surface area contributed by atoms with Crippen LogP contribution >= 0.6 is 0 Å². The van der Waals surface area contributed by atoms with Crippen molar-refractivity contribution in [2.75, 3.05) is 14.2 Å². The lowest BCUT2D eigenvalue weighted by molar-refractivity contribution is -0.144. The third-order valence-corrected chi connectivity index (χ3v) is 4.46. The second-order valence-electron chi connectivity index (χ2n) is 6.82. The highest BCUT2D eigenvalue weighted by Crippen LogP contribution is 2.28. The van der Waals surface area contributed by atoms with Crippen LogP contribution in [0.15, 0.2) is 47.0 Å². The van der Waals surface area contributed by atoms with Gasteiger partial charge in [-0.1, -0.05) is 49.3 Å². The number of hydrogen-bond donors (Lipinski definition) is 0. The summed E-state index contributed by atoms with van der Waals surface area (Å²) in [6.45, 7) is 4.19. The normalized spacial score (nSPS) is 10.8. The van der Waals surface area contributed by atoms with Crippen molar-refractivity contribution in [1.82, 2.24) is 10.1 Å². The van der Waals surface area contributed by atoms with Gasteiger partial charge in [0.05, 0.1) is 20.6 Å². The highest BCUT2D eigenvalue weighted by atomic mass is 16.6. The number of methoxy groups -OCH3 is 2. The molecule has 0 spiro atoms. The molecule has 0 N–H and O–H groups in total. The molecule has 0 fully saturated rings. The molecule has 1 heterocycles. The van der Waals surface area contributed by atoms with Crippen LogP contribution in [-0.4, -0.2) is 30.3 Å². The molecule has 29 heavy (non-hydrogen) atoms. The Morgan fingerprint density at radius 2 is 1.76 bits per heavy atom. The van der Waals surface area contributed by atoms with Crippen molar-refractivity contribution in [3.63, 3.8) is 0 Å². The molecule has 0 bridgehead atoms. The third kappa shape index (κ3) is 5.13. The number of rotatable bonds is 8. The Bertz CT molecular complexity index is 964. The van der Waals surface area contributed by atoms with Gasteiger partial charge in [0.25, 0.3) is 5.89 Å². The second kappa shape index (κ2) is 9.23. The fourth-order valence-corrected chi connectivity index (χ4v) is 2.80. The number of carbonyl (C=O) groups is 1. The highest BCUT2D eigenvalue weighted by Gasteiger charge is 2.13. The molecule has 0 aliphatic heterocycles. The average molecular weight is 396 g/mol. The molecule has 0 radical (unpaired) electrons. The van der Waals surface area contributed by atoms with E-state index in [-0.39, 0.29) is 18.9 Å². The van der Waals surface area contributed by atoms with Gasteiger partial charge in [0.2, 0.25) is 5.82 Å². The Morgan fingerprint density at radius 3 is 2.41 bits per heavy atom. The zero-order chi connectivity index (χ0) is 20.8. The first-order valence-electron chi connectivity index (χ1n) is 9.29. The quantitative estimate of drug-likeness (QED) is 0.529. The summed E-state index contributed by atoms with van der Waals surface area (Å²) in [7, 11) is 3.10. The molecule has 0 aliphatic rings. The first kappa shape index (κ1) is 20.4. The van der Waals surface area contributed by atoms with E-state index in [9.17, 15) is 4.79 Å². The summed E-state index contributed by atoms with van der Waals surface area (Å²) in [4.78, 5) is 16.4. The van der Waals surface area contributed by atoms with E-state index in [2.05, 4.69) is 24.0 Å². The molecule has 0 unspecified atom stereocenters. The van der Waals surface area contributed by atoms with E-state index in [0.717, 1.165) is 11.1 Å². The zero-order valence-corrected chi connectivity index (χ0v) is 17.0. The molecule has 3 rings (SSSR count). The maximum absolute atomic E-state index is 12.1. The lowest BCUT2D eigenvalue weighted by atomic mass is 10.0. The van der Waals surface area contributed by atoms with Crippen molar-refractivity contribution in [1.29, 1.82) is 0 Å². The van der Waals surface area contributed by atoms with Crippen LogP contribution in [0, 0.1) is 0 Å². The SMILES string of the molecule is COc1ccc(CC(=O)OCc2nc(-c3ccc(C(C)C)cc3)no2)cc1OC. The van der Waals surface area contributed by atoms with E-state index in [1.807, 2.05) is 24.3 Å². The summed E-state index contributed by atoms with van der Waals surface area (Å²) >= 11 is 0. The molecular weight excluding hydrogens is 372 g/mol. The lowest BCUT2D eigenvalue weighted by Crippen LogP contribution is -2.08. The Kier molecular flexibility index (Phi) is 6.49. The van der Waals surface area contributed by atoms with Gasteiger partial charge in [-0.15, -0.1) is 0 Å². The highest BCUT2D eigenvalue weighted by molar-refractivity contribution is 5.73. The molecule has 7 heteroatoms. The summed E-state index contributed by atoms with van der Waals surface area (Å²) in [5.41, 5.74) is 2.84. The summed E-state index contributed by atoms with van der Waals surface area (Å²) in [5.74, 6) is 1.92. The van der Waals surface area contributed by atoms with E-state index < -0.39 is 5.97 Å². The fraction of sp³-hybridized carbons (Fsp3) is 0.318. The Hall–Kier alpha value is -3.35. The third-order valence-electron chi connectivity index (χ3n) is 4.46. The number of hydrogen-bond acceptors (Lipinski definition) is 7. The van der Waals surface area contributed by atoms with Crippen LogP contribution in [0.5, 0.6) is 11.5 Å². The van der Waals surface area contributed by atoms with Crippen LogP contribution in [0.1, 0.15) is 36.8 Å². The molecule has 2 aromatic carbocycles. The second-order valence-corrected chi connectivity index (χ2v) is 6.82. The zero-order valence-electron chi connectivity index (χ0n) is 17.0. The molecule has 7 nitrogen and oxygen atoms in total. The van der Waals surface area contributed by atoms with Crippen molar-refractivity contribution in [2.45, 2.75) is 32.8 Å². The van der Waals surface area contributed by atoms with E-state index in [4.69, 9.17) is 18.7 Å². The molecule has 0 saturated carbocycles. The number of esters is 1. The van der Waals surface area contributed by atoms with Crippen molar-refractivity contribution in [3.8, 4) is 22.9 Å². The van der Waals surface area contributed by atoms with Gasteiger partial charge < -0.3 is 18.7 Å². The standard InChI is InChI=1S/C22H24N2O5/c1-14(2)16-6-8-17(9-7-16)22-23-20(29-24-22)13-28-21(25)12-15-5-10-18(26-3)19(11-15)27-4/h5-11,14H,12-13H2,1-4H3. The Labute approximate surface area is 169 Å². The minimum atomic E-state index is -0.404. The molecule has 0 aliphatic carbocycles. The minimum absolute atomic E-state index is 0.0802. The van der Waals surface area contributed by atoms with Crippen LogP contribution in [0.25, 0.3) is 11.4 Å². The van der Waals surface area contributed by atoms with Crippen molar-refractivity contribution >= 4 is 5.97 Å². The lowest BCUT2D eigenvalue weighted by Gasteiger charge is -2.09. The smallest absolute Gasteiger partial charge is 0.310 e. The van der Waals surface area contributed by atoms with Gasteiger partial charge in [0.1, 0.15) is 0 Å². The van der Waals surface area contributed by atoms with Crippen molar-refractivity contribution < 1.29 is 23.5 Å². The van der Waals surface area contributed by atoms with Crippen molar-refractivity contribution in [3.05, 3.63) is 59.5 Å². The van der Waals surface area contributed by atoms with Gasteiger partial charge in [-0.3, -0.25) is 4.79 Å². The van der Waals surface area contributed by atoms with E-state index in [0.29, 0.717) is 23.2 Å². The summed E-state index contributed by atoms with van der Waals surface area (Å²) in [5, 5.41) is 3.96. The molecule has 152 valence electrons. The number of benzene rings is 2. The van der Waals surface area contributed by atoms with Crippen molar-refractivity contribution in [2.24, 2.45) is 0 Å². The first-order chi connectivity index (χ1) is 14.0. The maximum Gasteiger partial charge on any atom is 0.310 e. The Morgan fingerprint density at radius 1 is 1.03 bits per heavy atom. The van der Waals surface area contributed by atoms with E-state index in [1.165, 1.54) is 5.56 Å².